The normalized spacial score (nSPS) is 12.5. The van der Waals surface area contributed by atoms with Crippen LogP contribution in [0.2, 0.25) is 0 Å². The lowest BCUT2D eigenvalue weighted by Gasteiger charge is -2.37. The average Bonchev–Trinajstić information content (AvgIpc) is 3.36. The van der Waals surface area contributed by atoms with Gasteiger partial charge in [0.25, 0.3) is 0 Å². The molecule has 0 saturated heterocycles. The van der Waals surface area contributed by atoms with E-state index in [0.29, 0.717) is 40.6 Å². The van der Waals surface area contributed by atoms with E-state index in [1.165, 1.54) is 0 Å². The van der Waals surface area contributed by atoms with E-state index in [1.807, 2.05) is 85.1 Å². The molecule has 9 aromatic rings. The van der Waals surface area contributed by atoms with Crippen LogP contribution >= 0.6 is 0 Å². The molecule has 0 atom stereocenters. The second-order valence-electron chi connectivity index (χ2n) is 14.7. The van der Waals surface area contributed by atoms with Gasteiger partial charge in [-0.15, -0.1) is 0 Å². The Morgan fingerprint density at radius 3 is 1.16 bits per heavy atom. The van der Waals surface area contributed by atoms with Gasteiger partial charge in [0, 0.05) is 34.7 Å². The van der Waals surface area contributed by atoms with Crippen LogP contribution in [0, 0.1) is 0 Å². The lowest BCUT2D eigenvalue weighted by molar-refractivity contribution is 0.745. The summed E-state index contributed by atoms with van der Waals surface area (Å²) in [6.07, 6.45) is 7.33. The molecule has 0 N–H and O–H groups in total. The number of benzene rings is 6. The number of rotatable bonds is 10. The fourth-order valence-corrected chi connectivity index (χ4v) is 7.97. The fraction of sp³-hybridized carbons (Fsp3) is 0.0566. The number of aliphatic imine (C=N–C) groups is 1. The molecule has 6 aromatic carbocycles. The Morgan fingerprint density at radius 1 is 0.344 bits per heavy atom. The average molecular weight is 787 g/mol. The molecule has 0 spiro atoms. The van der Waals surface area contributed by atoms with Crippen molar-refractivity contribution < 1.29 is 0 Å². The zero-order valence-corrected chi connectivity index (χ0v) is 33.1. The SMILES string of the molecule is C1=CN=C(c2nc(-c3ccccc3)nc(-c3ccc(C(c4ccccc4)(c4ccccc4)c4ccc(-c5nc(-c6ccccc6)nc(-c6ccccn6)n5)cc4)cc3)n2)CC1. The van der Waals surface area contributed by atoms with Gasteiger partial charge in [-0.05, 0) is 47.2 Å². The predicted octanol–water partition coefficient (Wildman–Crippen LogP) is 11.3. The third-order valence-electron chi connectivity index (χ3n) is 10.9. The molecule has 0 bridgehead atoms. The van der Waals surface area contributed by atoms with Gasteiger partial charge in [0.2, 0.25) is 0 Å². The highest BCUT2D eigenvalue weighted by Gasteiger charge is 2.38. The number of aromatic nitrogens is 7. The monoisotopic (exact) mass is 786 g/mol. The number of hydrogen-bond acceptors (Lipinski definition) is 8. The summed E-state index contributed by atoms with van der Waals surface area (Å²) in [5, 5.41) is 0. The molecular weight excluding hydrogens is 749 g/mol. The Morgan fingerprint density at radius 2 is 0.738 bits per heavy atom. The first-order chi connectivity index (χ1) is 30.2. The number of allylic oxidation sites excluding steroid dienone is 1. The van der Waals surface area contributed by atoms with Crippen molar-refractivity contribution in [3.8, 4) is 57.1 Å². The summed E-state index contributed by atoms with van der Waals surface area (Å²) in [6, 6.07) is 64.4. The van der Waals surface area contributed by atoms with Crippen LogP contribution in [-0.4, -0.2) is 40.6 Å². The molecule has 1 aliphatic heterocycles. The van der Waals surface area contributed by atoms with E-state index >= 15 is 0 Å². The number of hydrogen-bond donors (Lipinski definition) is 0. The van der Waals surface area contributed by atoms with Gasteiger partial charge >= 0.3 is 0 Å². The van der Waals surface area contributed by atoms with Gasteiger partial charge in [-0.25, -0.2) is 29.9 Å². The van der Waals surface area contributed by atoms with Crippen LogP contribution in [0.25, 0.3) is 57.1 Å². The number of pyridine rings is 1. The summed E-state index contributed by atoms with van der Waals surface area (Å²) < 4.78 is 0. The lowest BCUT2D eigenvalue weighted by Crippen LogP contribution is -2.31. The summed E-state index contributed by atoms with van der Waals surface area (Å²) in [4.78, 5) is 38.9. The van der Waals surface area contributed by atoms with Gasteiger partial charge in [0.15, 0.2) is 34.9 Å². The van der Waals surface area contributed by atoms with Crippen LogP contribution in [0.15, 0.2) is 212 Å². The van der Waals surface area contributed by atoms with E-state index in [4.69, 9.17) is 29.9 Å². The first-order valence-electron chi connectivity index (χ1n) is 20.3. The van der Waals surface area contributed by atoms with Crippen molar-refractivity contribution in [3.05, 3.63) is 235 Å². The Labute approximate surface area is 354 Å². The molecule has 290 valence electrons. The zero-order valence-electron chi connectivity index (χ0n) is 33.1. The van der Waals surface area contributed by atoms with E-state index in [9.17, 15) is 0 Å². The number of nitrogens with zero attached hydrogens (tertiary/aromatic N) is 8. The van der Waals surface area contributed by atoms with E-state index in [0.717, 1.165) is 63.1 Å². The summed E-state index contributed by atoms with van der Waals surface area (Å²) >= 11 is 0. The van der Waals surface area contributed by atoms with Gasteiger partial charge in [0.05, 0.1) is 11.1 Å². The van der Waals surface area contributed by atoms with Gasteiger partial charge in [-0.2, -0.15) is 0 Å². The van der Waals surface area contributed by atoms with Crippen molar-refractivity contribution in [2.45, 2.75) is 18.3 Å². The molecule has 0 fully saturated rings. The van der Waals surface area contributed by atoms with Gasteiger partial charge in [-0.3, -0.25) is 9.98 Å². The third kappa shape index (κ3) is 7.43. The minimum atomic E-state index is -0.699. The molecule has 61 heavy (non-hydrogen) atoms. The highest BCUT2D eigenvalue weighted by atomic mass is 15.1. The highest BCUT2D eigenvalue weighted by molar-refractivity contribution is 5.98. The maximum absolute atomic E-state index is 5.01. The van der Waals surface area contributed by atoms with Crippen LogP contribution in [-0.2, 0) is 5.41 Å². The molecule has 4 heterocycles. The molecule has 3 aromatic heterocycles. The first kappa shape index (κ1) is 37.2. The van der Waals surface area contributed by atoms with Gasteiger partial charge < -0.3 is 0 Å². The Hall–Kier alpha value is -8.10. The highest BCUT2D eigenvalue weighted by Crippen LogP contribution is 2.46. The predicted molar refractivity (Wildman–Crippen MR) is 241 cm³/mol. The van der Waals surface area contributed by atoms with Gasteiger partial charge in [-0.1, -0.05) is 182 Å². The second-order valence-corrected chi connectivity index (χ2v) is 14.7. The summed E-state index contributed by atoms with van der Waals surface area (Å²) in [6.45, 7) is 0. The van der Waals surface area contributed by atoms with Gasteiger partial charge in [0.1, 0.15) is 5.69 Å². The van der Waals surface area contributed by atoms with Crippen molar-refractivity contribution in [1.82, 2.24) is 34.9 Å². The van der Waals surface area contributed by atoms with Crippen LogP contribution in [0.1, 0.15) is 40.9 Å². The van der Waals surface area contributed by atoms with Crippen molar-refractivity contribution in [2.24, 2.45) is 4.99 Å². The lowest BCUT2D eigenvalue weighted by atomic mass is 9.65. The molecule has 0 aliphatic carbocycles. The van der Waals surface area contributed by atoms with Crippen molar-refractivity contribution >= 4 is 5.71 Å². The molecule has 0 unspecified atom stereocenters. The second kappa shape index (κ2) is 16.6. The minimum Gasteiger partial charge on any atom is -0.258 e. The van der Waals surface area contributed by atoms with Crippen molar-refractivity contribution in [2.75, 3.05) is 0 Å². The van der Waals surface area contributed by atoms with Crippen LogP contribution in [0.5, 0.6) is 0 Å². The molecule has 8 heteroatoms. The Bertz CT molecular complexity index is 2880. The molecule has 8 nitrogen and oxygen atoms in total. The zero-order chi connectivity index (χ0) is 40.9. The molecule has 0 radical (unpaired) electrons. The molecule has 1 aliphatic rings. The topological polar surface area (TPSA) is 103 Å². The smallest absolute Gasteiger partial charge is 0.182 e. The van der Waals surface area contributed by atoms with E-state index in [-0.39, 0.29) is 0 Å². The molecular formula is C53H38N8. The minimum absolute atomic E-state index is 0.515. The maximum Gasteiger partial charge on any atom is 0.182 e. The Balaban J connectivity index is 1.11. The van der Waals surface area contributed by atoms with Crippen LogP contribution in [0.3, 0.4) is 0 Å². The largest absolute Gasteiger partial charge is 0.258 e. The maximum atomic E-state index is 5.01. The fourth-order valence-electron chi connectivity index (χ4n) is 7.97. The van der Waals surface area contributed by atoms with Crippen LogP contribution in [0.4, 0.5) is 0 Å². The summed E-state index contributed by atoms with van der Waals surface area (Å²) in [5.74, 6) is 3.48. The van der Waals surface area contributed by atoms with E-state index in [2.05, 4.69) is 125 Å². The van der Waals surface area contributed by atoms with Crippen molar-refractivity contribution in [3.63, 3.8) is 0 Å². The molecule has 10 rings (SSSR count). The third-order valence-corrected chi connectivity index (χ3v) is 10.9. The summed E-state index contributed by atoms with van der Waals surface area (Å²) in [5.41, 5.74) is 8.84. The molecule has 0 saturated carbocycles. The van der Waals surface area contributed by atoms with E-state index in [1.54, 1.807) is 6.20 Å². The van der Waals surface area contributed by atoms with E-state index < -0.39 is 5.41 Å². The standard InChI is InChI=1S/C53H38N8/c1-5-17-37(18-6-1)47-56-49(60-51(58-47)45-25-13-15-35-54-45)39-27-31-43(32-28-39)53(41-21-9-3-10-22-41,42-23-11-4-12-24-42)44-33-29-40(30-34-44)50-57-48(38-19-7-2-8-20-38)59-52(61-50)46-26-14-16-36-55-46/h1-13,15-25,27-36H,14,26H2. The first-order valence-corrected chi connectivity index (χ1v) is 20.3. The Kier molecular flexibility index (Phi) is 10.1. The van der Waals surface area contributed by atoms with Crippen LogP contribution < -0.4 is 0 Å². The quantitative estimate of drug-likeness (QED) is 0.127. The van der Waals surface area contributed by atoms with Crippen molar-refractivity contribution in [1.29, 1.82) is 0 Å². The summed E-state index contributed by atoms with van der Waals surface area (Å²) in [7, 11) is 0. The molecule has 0 amide bonds.